The lowest BCUT2D eigenvalue weighted by Gasteiger charge is -2.51. The largest absolute Gasteiger partial charge is 0.497 e. The Bertz CT molecular complexity index is 1070. The fraction of sp³-hybridized carbons (Fsp3) is 0.440. The molecule has 1 aliphatic rings. The first-order chi connectivity index (χ1) is 16.9. The first kappa shape index (κ1) is 27.4. The maximum atomic E-state index is 14.6. The summed E-state index contributed by atoms with van der Waals surface area (Å²) in [4.78, 5) is 26.1. The second-order valence-corrected chi connectivity index (χ2v) is 8.64. The van der Waals surface area contributed by atoms with Gasteiger partial charge in [0.25, 0.3) is 5.91 Å². The van der Waals surface area contributed by atoms with E-state index in [9.17, 15) is 27.2 Å². The van der Waals surface area contributed by atoms with Crippen LogP contribution in [0.15, 0.2) is 48.5 Å². The van der Waals surface area contributed by atoms with Gasteiger partial charge in [-0.25, -0.2) is 9.18 Å². The molecule has 1 fully saturated rings. The highest BCUT2D eigenvalue weighted by Gasteiger charge is 2.55. The predicted octanol–water partition coefficient (Wildman–Crippen LogP) is 3.69. The maximum Gasteiger partial charge on any atom is 0.491 e. The number of rotatable bonds is 10. The number of carbonyl (C=O) groups is 2. The molecule has 1 aliphatic heterocycles. The molecule has 1 heterocycles. The Morgan fingerprint density at radius 1 is 1.08 bits per heavy atom. The molecule has 1 saturated heterocycles. The molecule has 0 aromatic heterocycles. The zero-order chi connectivity index (χ0) is 26.6. The highest BCUT2D eigenvalue weighted by atomic mass is 19.4. The third-order valence-corrected chi connectivity index (χ3v) is 5.91. The molecule has 2 aromatic carbocycles. The molecule has 1 atom stereocenters. The number of carbonyl (C=O) groups excluding carboxylic acids is 2. The van der Waals surface area contributed by atoms with Crippen LogP contribution in [-0.2, 0) is 31.1 Å². The third kappa shape index (κ3) is 5.96. The fourth-order valence-electron chi connectivity index (χ4n) is 3.99. The number of benzene rings is 2. The van der Waals surface area contributed by atoms with Crippen LogP contribution >= 0.6 is 0 Å². The van der Waals surface area contributed by atoms with E-state index < -0.39 is 41.6 Å². The molecule has 11 heteroatoms. The Morgan fingerprint density at radius 2 is 1.72 bits per heavy atom. The molecular weight excluding hydrogens is 484 g/mol. The van der Waals surface area contributed by atoms with Crippen LogP contribution in [0.1, 0.15) is 30.9 Å². The number of amides is 1. The van der Waals surface area contributed by atoms with Crippen molar-refractivity contribution in [3.05, 3.63) is 65.5 Å². The van der Waals surface area contributed by atoms with E-state index >= 15 is 0 Å². The number of unbranched alkanes of at least 4 members (excludes halogenated alkanes) is 1. The van der Waals surface area contributed by atoms with Crippen LogP contribution in [0.3, 0.4) is 0 Å². The highest BCUT2D eigenvalue weighted by molar-refractivity contribution is 5.89. The van der Waals surface area contributed by atoms with Crippen molar-refractivity contribution >= 4 is 11.9 Å². The van der Waals surface area contributed by atoms with Crippen molar-refractivity contribution in [2.24, 2.45) is 5.73 Å². The zero-order valence-electron chi connectivity index (χ0n) is 19.9. The van der Waals surface area contributed by atoms with Gasteiger partial charge in [0, 0.05) is 18.6 Å². The van der Waals surface area contributed by atoms with Crippen LogP contribution in [0.5, 0.6) is 5.75 Å². The zero-order valence-corrected chi connectivity index (χ0v) is 19.9. The van der Waals surface area contributed by atoms with E-state index in [1.165, 1.54) is 49.6 Å². The number of alkyl halides is 3. The van der Waals surface area contributed by atoms with E-state index in [2.05, 4.69) is 4.74 Å². The lowest BCUT2D eigenvalue weighted by molar-refractivity contribution is -0.221. The minimum atomic E-state index is -5.36. The van der Waals surface area contributed by atoms with Gasteiger partial charge in [-0.05, 0) is 30.2 Å². The summed E-state index contributed by atoms with van der Waals surface area (Å²) in [5, 5.41) is 0. The van der Waals surface area contributed by atoms with Gasteiger partial charge in [-0.3, -0.25) is 10.5 Å². The molecule has 2 N–H and O–H groups in total. The Morgan fingerprint density at radius 3 is 2.28 bits per heavy atom. The van der Waals surface area contributed by atoms with Crippen LogP contribution in [0.2, 0.25) is 0 Å². The minimum absolute atomic E-state index is 0.179. The minimum Gasteiger partial charge on any atom is -0.497 e. The molecule has 36 heavy (non-hydrogen) atoms. The molecular formula is C25H28F4N2O5. The summed E-state index contributed by atoms with van der Waals surface area (Å²) < 4.78 is 69.2. The highest BCUT2D eigenvalue weighted by Crippen LogP contribution is 2.39. The summed E-state index contributed by atoms with van der Waals surface area (Å²) in [5.74, 6) is -3.71. The topological polar surface area (TPSA) is 91.1 Å². The van der Waals surface area contributed by atoms with Crippen molar-refractivity contribution in [2.75, 3.05) is 26.8 Å². The van der Waals surface area contributed by atoms with Crippen LogP contribution < -0.4 is 10.5 Å². The molecule has 196 valence electrons. The van der Waals surface area contributed by atoms with Gasteiger partial charge in [0.2, 0.25) is 5.72 Å². The van der Waals surface area contributed by atoms with Gasteiger partial charge in [-0.15, -0.1) is 0 Å². The molecule has 1 amide bonds. The maximum absolute atomic E-state index is 14.6. The summed E-state index contributed by atoms with van der Waals surface area (Å²) in [5.41, 5.74) is 2.74. The number of ether oxygens (including phenoxy) is 3. The summed E-state index contributed by atoms with van der Waals surface area (Å²) in [6, 6.07) is 11.9. The van der Waals surface area contributed by atoms with Crippen molar-refractivity contribution in [3.8, 4) is 5.75 Å². The number of esters is 1. The number of hydrogen-bond donors (Lipinski definition) is 1. The van der Waals surface area contributed by atoms with E-state index in [-0.39, 0.29) is 25.3 Å². The average molecular weight is 513 g/mol. The van der Waals surface area contributed by atoms with Gasteiger partial charge < -0.3 is 19.1 Å². The van der Waals surface area contributed by atoms with Gasteiger partial charge in [0.15, 0.2) is 0 Å². The smallest absolute Gasteiger partial charge is 0.491 e. The number of hydrogen-bond acceptors (Lipinski definition) is 6. The fourth-order valence-corrected chi connectivity index (χ4v) is 3.99. The Kier molecular flexibility index (Phi) is 8.25. The predicted molar refractivity (Wildman–Crippen MR) is 121 cm³/mol. The number of halogens is 4. The van der Waals surface area contributed by atoms with Crippen molar-refractivity contribution in [1.29, 1.82) is 0 Å². The van der Waals surface area contributed by atoms with Gasteiger partial charge in [-0.2, -0.15) is 13.2 Å². The second-order valence-electron chi connectivity index (χ2n) is 8.64. The van der Waals surface area contributed by atoms with E-state index in [1.54, 1.807) is 6.07 Å². The molecule has 0 saturated carbocycles. The molecule has 3 rings (SSSR count). The quantitative estimate of drug-likeness (QED) is 0.226. The van der Waals surface area contributed by atoms with Crippen LogP contribution in [0.4, 0.5) is 17.6 Å². The number of methoxy groups -OCH3 is 1. The van der Waals surface area contributed by atoms with Gasteiger partial charge in [-0.1, -0.05) is 43.7 Å². The second kappa shape index (κ2) is 10.8. The molecule has 0 spiro atoms. The third-order valence-electron chi connectivity index (χ3n) is 5.91. The lowest BCUT2D eigenvalue weighted by atomic mass is 9.84. The number of likely N-dealkylation sites (tertiary alicyclic amines) is 1. The lowest BCUT2D eigenvalue weighted by Crippen LogP contribution is -2.70. The van der Waals surface area contributed by atoms with Crippen molar-refractivity contribution < 1.29 is 41.4 Å². The summed E-state index contributed by atoms with van der Waals surface area (Å²) in [7, 11) is 1.44. The Labute approximate surface area is 206 Å². The van der Waals surface area contributed by atoms with E-state index in [1.807, 2.05) is 6.92 Å². The van der Waals surface area contributed by atoms with Crippen LogP contribution in [-0.4, -0.2) is 55.5 Å². The summed E-state index contributed by atoms with van der Waals surface area (Å²) in [6.45, 7) is 1.88. The molecule has 7 nitrogen and oxygen atoms in total. The Hall–Kier alpha value is -3.18. The number of nitrogens with zero attached hydrogens (tertiary/aromatic N) is 1. The van der Waals surface area contributed by atoms with E-state index in [4.69, 9.17) is 15.2 Å². The summed E-state index contributed by atoms with van der Waals surface area (Å²) >= 11 is 0. The van der Waals surface area contributed by atoms with Gasteiger partial charge in [0.1, 0.15) is 17.2 Å². The molecule has 2 aromatic rings. The number of nitrogens with two attached hydrogens (primary N) is 1. The molecule has 0 unspecified atom stereocenters. The van der Waals surface area contributed by atoms with E-state index in [0.29, 0.717) is 17.7 Å². The Balaban J connectivity index is 1.87. The standard InChI is InChI=1S/C25H28F4N2O5/c1-3-4-13-35-23(19-7-5-6-8-20(19)26)15-31(16-23)21(32)24(30,36-22(33)25(27,28)29)14-17-9-11-18(34-2)12-10-17/h5-12H,3-4,13-16,30H2,1-2H3/t24-/m1/s1. The molecule has 0 aliphatic carbocycles. The van der Waals surface area contributed by atoms with Crippen molar-refractivity contribution in [3.63, 3.8) is 0 Å². The van der Waals surface area contributed by atoms with Gasteiger partial charge in [0.05, 0.1) is 20.2 Å². The summed E-state index contributed by atoms with van der Waals surface area (Å²) in [6.07, 6.45) is -4.39. The van der Waals surface area contributed by atoms with E-state index in [0.717, 1.165) is 11.3 Å². The van der Waals surface area contributed by atoms with Crippen molar-refractivity contribution in [2.45, 2.75) is 43.7 Å². The van der Waals surface area contributed by atoms with Crippen LogP contribution in [0.25, 0.3) is 0 Å². The normalized spacial score (nSPS) is 16.6. The average Bonchev–Trinajstić information content (AvgIpc) is 2.80. The first-order valence-electron chi connectivity index (χ1n) is 11.3. The molecule has 0 bridgehead atoms. The SMILES string of the molecule is CCCCOC1(c2ccccc2F)CN(C(=O)[C@@](N)(Cc2ccc(OC)cc2)OC(=O)C(F)(F)F)C1. The molecule has 0 radical (unpaired) electrons. The first-order valence-corrected chi connectivity index (χ1v) is 11.3. The monoisotopic (exact) mass is 512 g/mol. The van der Waals surface area contributed by atoms with Crippen LogP contribution in [0, 0.1) is 5.82 Å². The van der Waals surface area contributed by atoms with Crippen molar-refractivity contribution in [1.82, 2.24) is 4.90 Å². The van der Waals surface area contributed by atoms with Gasteiger partial charge >= 0.3 is 12.1 Å².